The maximum atomic E-state index is 12.4. The van der Waals surface area contributed by atoms with Crippen molar-refractivity contribution < 1.29 is 14.3 Å². The molecule has 0 aromatic rings. The van der Waals surface area contributed by atoms with Crippen molar-refractivity contribution >= 4 is 23.8 Å². The number of nitrogens with zero attached hydrogens (tertiary/aromatic N) is 4. The highest BCUT2D eigenvalue weighted by molar-refractivity contribution is 6.14. The highest BCUT2D eigenvalue weighted by atomic mass is 35.5. The number of rotatable bonds is 3. The summed E-state index contributed by atoms with van der Waals surface area (Å²) in [5.74, 6) is 0.774. The van der Waals surface area contributed by atoms with Crippen molar-refractivity contribution in [1.82, 2.24) is 14.2 Å². The highest BCUT2D eigenvalue weighted by Crippen LogP contribution is 2.40. The summed E-state index contributed by atoms with van der Waals surface area (Å²) in [6.45, 7) is 2.20. The average Bonchev–Trinajstić information content (AvgIpc) is 3.26. The number of likely N-dealkylation sites (tertiary alicyclic amines) is 2. The van der Waals surface area contributed by atoms with Gasteiger partial charge in [0.25, 0.3) is 0 Å². The van der Waals surface area contributed by atoms with Crippen LogP contribution in [0.2, 0.25) is 0 Å². The summed E-state index contributed by atoms with van der Waals surface area (Å²) in [6, 6.07) is 2.03. The SMILES string of the molecule is COC(=O)N1C[C@H]2C[C@@H](N(Cl)CC(=O)N3CCCC3C#N)C[C@H]2C1. The molecule has 8 heteroatoms. The second kappa shape index (κ2) is 7.16. The molecule has 7 nitrogen and oxygen atoms in total. The minimum atomic E-state index is -0.306. The van der Waals surface area contributed by atoms with Crippen LogP contribution < -0.4 is 0 Å². The van der Waals surface area contributed by atoms with Gasteiger partial charge in [-0.05, 0) is 49.3 Å². The Balaban J connectivity index is 1.50. The van der Waals surface area contributed by atoms with Crippen LogP contribution in [0.5, 0.6) is 0 Å². The van der Waals surface area contributed by atoms with Crippen molar-refractivity contribution in [1.29, 1.82) is 5.26 Å². The summed E-state index contributed by atoms with van der Waals surface area (Å²) in [7, 11) is 1.40. The first kappa shape index (κ1) is 17.3. The van der Waals surface area contributed by atoms with Crippen LogP contribution in [0.1, 0.15) is 25.7 Å². The molecule has 3 rings (SSSR count). The fourth-order valence-corrected chi connectivity index (χ4v) is 4.59. The maximum absolute atomic E-state index is 12.4. The van der Waals surface area contributed by atoms with E-state index in [-0.39, 0.29) is 30.6 Å². The zero-order valence-electron chi connectivity index (χ0n) is 13.9. The third-order valence-corrected chi connectivity index (χ3v) is 5.96. The lowest BCUT2D eigenvalue weighted by Gasteiger charge is -2.26. The third kappa shape index (κ3) is 3.31. The number of ether oxygens (including phenoxy) is 1. The van der Waals surface area contributed by atoms with Crippen LogP contribution in [0.4, 0.5) is 4.79 Å². The smallest absolute Gasteiger partial charge is 0.409 e. The molecule has 2 saturated heterocycles. The Hall–Kier alpha value is -1.52. The minimum Gasteiger partial charge on any atom is -0.453 e. The van der Waals surface area contributed by atoms with E-state index in [2.05, 4.69) is 6.07 Å². The molecule has 2 heterocycles. The van der Waals surface area contributed by atoms with Crippen molar-refractivity contribution in [2.24, 2.45) is 11.8 Å². The normalized spacial score (nSPS) is 32.1. The number of halogens is 1. The summed E-state index contributed by atoms with van der Waals surface area (Å²) in [4.78, 5) is 27.4. The predicted molar refractivity (Wildman–Crippen MR) is 86.9 cm³/mol. The number of hydrogen-bond donors (Lipinski definition) is 0. The molecule has 1 aliphatic carbocycles. The Kier molecular flexibility index (Phi) is 5.16. The molecule has 0 aromatic carbocycles. The molecule has 2 aliphatic heterocycles. The first-order valence-corrected chi connectivity index (χ1v) is 8.81. The van der Waals surface area contributed by atoms with E-state index in [1.54, 1.807) is 14.2 Å². The van der Waals surface area contributed by atoms with Crippen LogP contribution in [0.15, 0.2) is 0 Å². The van der Waals surface area contributed by atoms with Crippen LogP contribution in [0, 0.1) is 23.2 Å². The third-order valence-electron chi connectivity index (χ3n) is 5.56. The van der Waals surface area contributed by atoms with Crippen LogP contribution in [0.3, 0.4) is 0 Å². The molecule has 2 amide bonds. The van der Waals surface area contributed by atoms with Gasteiger partial charge in [-0.2, -0.15) is 5.26 Å². The molecule has 1 unspecified atom stereocenters. The van der Waals surface area contributed by atoms with Gasteiger partial charge >= 0.3 is 6.09 Å². The molecule has 0 spiro atoms. The number of methoxy groups -OCH3 is 1. The Labute approximate surface area is 147 Å². The molecule has 24 heavy (non-hydrogen) atoms. The number of amides is 2. The van der Waals surface area contributed by atoms with E-state index >= 15 is 0 Å². The lowest BCUT2D eigenvalue weighted by Crippen LogP contribution is -2.42. The molecule has 0 N–H and O–H groups in total. The van der Waals surface area contributed by atoms with Gasteiger partial charge in [-0.1, -0.05) is 0 Å². The van der Waals surface area contributed by atoms with Gasteiger partial charge in [0.05, 0.1) is 19.7 Å². The van der Waals surface area contributed by atoms with Crippen LogP contribution in [-0.2, 0) is 9.53 Å². The van der Waals surface area contributed by atoms with E-state index < -0.39 is 0 Å². The summed E-state index contributed by atoms with van der Waals surface area (Å²) in [5, 5.41) is 9.10. The van der Waals surface area contributed by atoms with Gasteiger partial charge < -0.3 is 14.5 Å². The highest BCUT2D eigenvalue weighted by Gasteiger charge is 2.44. The monoisotopic (exact) mass is 354 g/mol. The lowest BCUT2D eigenvalue weighted by molar-refractivity contribution is -0.131. The first-order valence-electron chi connectivity index (χ1n) is 8.48. The number of carbonyl (C=O) groups excluding carboxylic acids is 2. The topological polar surface area (TPSA) is 76.9 Å². The van der Waals surface area contributed by atoms with Gasteiger partial charge in [0, 0.05) is 25.7 Å². The molecule has 0 aromatic heterocycles. The zero-order valence-corrected chi connectivity index (χ0v) is 14.6. The standard InChI is InChI=1S/C16H23ClN4O3/c1-24-16(23)19-8-11-5-14(6-12(11)9-19)21(17)10-15(22)20-4-2-3-13(20)7-18/h11-14H,2-6,8-10H2,1H3/t11-,12+,13?,14-. The Morgan fingerprint density at radius 1 is 1.33 bits per heavy atom. The molecular weight excluding hydrogens is 332 g/mol. The molecule has 132 valence electrons. The van der Waals surface area contributed by atoms with Gasteiger partial charge in [-0.25, -0.2) is 9.21 Å². The van der Waals surface area contributed by atoms with E-state index in [9.17, 15) is 9.59 Å². The largest absolute Gasteiger partial charge is 0.453 e. The molecule has 3 fully saturated rings. The van der Waals surface area contributed by atoms with Gasteiger partial charge in [0.15, 0.2) is 0 Å². The van der Waals surface area contributed by atoms with Crippen LogP contribution in [-0.4, -0.2) is 71.6 Å². The molecule has 4 atom stereocenters. The van der Waals surface area contributed by atoms with Crippen molar-refractivity contribution in [3.63, 3.8) is 0 Å². The molecular formula is C16H23ClN4O3. The fraction of sp³-hybridized carbons (Fsp3) is 0.812. The zero-order chi connectivity index (χ0) is 17.3. The van der Waals surface area contributed by atoms with E-state index in [0.717, 1.165) is 25.7 Å². The molecule has 3 aliphatic rings. The minimum absolute atomic E-state index is 0.0673. The predicted octanol–water partition coefficient (Wildman–Crippen LogP) is 1.43. The summed E-state index contributed by atoms with van der Waals surface area (Å²) in [5.41, 5.74) is 0. The Morgan fingerprint density at radius 2 is 2.00 bits per heavy atom. The number of carbonyl (C=O) groups is 2. The van der Waals surface area contributed by atoms with Gasteiger partial charge in [0.2, 0.25) is 5.91 Å². The number of nitriles is 1. The van der Waals surface area contributed by atoms with E-state index in [1.807, 2.05) is 0 Å². The van der Waals surface area contributed by atoms with Crippen molar-refractivity contribution in [3.05, 3.63) is 0 Å². The summed E-state index contributed by atoms with van der Waals surface area (Å²) < 4.78 is 6.38. The molecule has 1 saturated carbocycles. The van der Waals surface area contributed by atoms with Gasteiger partial charge in [0.1, 0.15) is 6.04 Å². The number of hydrogen-bond acceptors (Lipinski definition) is 5. The van der Waals surface area contributed by atoms with Crippen molar-refractivity contribution in [3.8, 4) is 6.07 Å². The Bertz CT molecular complexity index is 538. The maximum Gasteiger partial charge on any atom is 0.409 e. The quantitative estimate of drug-likeness (QED) is 0.717. The first-order chi connectivity index (χ1) is 11.5. The molecule has 0 radical (unpaired) electrons. The van der Waals surface area contributed by atoms with E-state index in [1.165, 1.54) is 7.11 Å². The van der Waals surface area contributed by atoms with E-state index in [0.29, 0.717) is 31.5 Å². The van der Waals surface area contributed by atoms with Crippen molar-refractivity contribution in [2.45, 2.75) is 37.8 Å². The number of fused-ring (bicyclic) bond motifs is 1. The Morgan fingerprint density at radius 3 is 2.58 bits per heavy atom. The van der Waals surface area contributed by atoms with Gasteiger partial charge in [-0.3, -0.25) is 4.79 Å². The lowest BCUT2D eigenvalue weighted by atomic mass is 10.0. The summed E-state index contributed by atoms with van der Waals surface area (Å²) in [6.07, 6.45) is 3.13. The van der Waals surface area contributed by atoms with Crippen LogP contribution in [0.25, 0.3) is 0 Å². The summed E-state index contributed by atoms with van der Waals surface area (Å²) >= 11 is 6.39. The van der Waals surface area contributed by atoms with Gasteiger partial charge in [-0.15, -0.1) is 0 Å². The average molecular weight is 355 g/mol. The van der Waals surface area contributed by atoms with Crippen molar-refractivity contribution in [2.75, 3.05) is 33.3 Å². The van der Waals surface area contributed by atoms with Crippen LogP contribution >= 0.6 is 11.8 Å². The second-order valence-electron chi connectivity index (χ2n) is 6.95. The molecule has 0 bridgehead atoms. The van der Waals surface area contributed by atoms with E-state index in [4.69, 9.17) is 21.8 Å². The second-order valence-corrected chi connectivity index (χ2v) is 7.39. The fourth-order valence-electron chi connectivity index (χ4n) is 4.32.